The van der Waals surface area contributed by atoms with Crippen LogP contribution in [0.1, 0.15) is 43.2 Å². The molecule has 33 heavy (non-hydrogen) atoms. The number of ether oxygens (including phenoxy) is 1. The van der Waals surface area contributed by atoms with Gasteiger partial charge in [-0.25, -0.2) is 4.79 Å². The Balaban J connectivity index is 1.43. The Labute approximate surface area is 194 Å². The number of unbranched alkanes of at least 4 members (excludes halogenated alkanes) is 1. The molecule has 0 fully saturated rings. The van der Waals surface area contributed by atoms with Gasteiger partial charge in [-0.1, -0.05) is 54.6 Å². The molecule has 2 aromatic carbocycles. The number of carboxylic acid groups (broad SMARTS) is 1. The molecule has 3 rings (SSSR count). The fourth-order valence-corrected chi connectivity index (χ4v) is 4.06. The average Bonchev–Trinajstić information content (AvgIpc) is 3.14. The van der Waals surface area contributed by atoms with E-state index >= 15 is 0 Å². The normalized spacial score (nSPS) is 12.3. The minimum Gasteiger partial charge on any atom is -0.481 e. The Morgan fingerprint density at radius 2 is 1.67 bits per heavy atom. The number of likely N-dealkylation sites (N-methyl/N-ethyl adjacent to an activating group) is 1. The van der Waals surface area contributed by atoms with Crippen molar-refractivity contribution in [2.45, 2.75) is 32.1 Å². The van der Waals surface area contributed by atoms with E-state index in [2.05, 4.69) is 29.6 Å². The largest absolute Gasteiger partial charge is 0.481 e. The molecule has 7 heteroatoms. The van der Waals surface area contributed by atoms with Crippen LogP contribution in [0.3, 0.4) is 0 Å². The van der Waals surface area contributed by atoms with Crippen molar-refractivity contribution in [3.63, 3.8) is 0 Å². The third-order valence-electron chi connectivity index (χ3n) is 5.73. The number of nitrogens with one attached hydrogen (secondary N) is 1. The second-order valence-corrected chi connectivity index (χ2v) is 7.88. The Morgan fingerprint density at radius 3 is 2.27 bits per heavy atom. The molecule has 0 atom stereocenters. The van der Waals surface area contributed by atoms with Gasteiger partial charge in [-0.2, -0.15) is 0 Å². The molecule has 0 unspecified atom stereocenters. The van der Waals surface area contributed by atoms with Crippen LogP contribution >= 0.6 is 0 Å². The standard InChI is InChI=1S/C26H30N2O5/c1-2-28(17-8-7-15-25(30)31)24(29)14-9-16-27-26(32)33-18-23-21-12-5-3-10-19(21)20-11-4-6-13-22(20)23/h3-6,9-14,23H,2,7-8,15-18H2,1H3,(H,27,32)(H,30,31)/b14-9+. The van der Waals surface area contributed by atoms with Crippen molar-refractivity contribution in [1.29, 1.82) is 0 Å². The number of hydrogen-bond donors (Lipinski definition) is 2. The van der Waals surface area contributed by atoms with Crippen molar-refractivity contribution in [2.75, 3.05) is 26.2 Å². The average molecular weight is 451 g/mol. The first-order valence-corrected chi connectivity index (χ1v) is 11.3. The summed E-state index contributed by atoms with van der Waals surface area (Å²) in [5, 5.41) is 11.3. The maximum absolute atomic E-state index is 12.3. The molecule has 0 saturated heterocycles. The molecule has 7 nitrogen and oxygen atoms in total. The highest BCUT2D eigenvalue weighted by molar-refractivity contribution is 5.87. The van der Waals surface area contributed by atoms with Crippen molar-refractivity contribution in [3.05, 3.63) is 71.8 Å². The van der Waals surface area contributed by atoms with Crippen molar-refractivity contribution < 1.29 is 24.2 Å². The lowest BCUT2D eigenvalue weighted by atomic mass is 9.98. The first-order valence-electron chi connectivity index (χ1n) is 11.3. The van der Waals surface area contributed by atoms with Crippen LogP contribution in [0.2, 0.25) is 0 Å². The monoisotopic (exact) mass is 450 g/mol. The third-order valence-corrected chi connectivity index (χ3v) is 5.73. The zero-order valence-corrected chi connectivity index (χ0v) is 18.8. The van der Waals surface area contributed by atoms with Gasteiger partial charge in [0.15, 0.2) is 0 Å². The van der Waals surface area contributed by atoms with E-state index in [0.717, 1.165) is 11.1 Å². The quantitative estimate of drug-likeness (QED) is 0.395. The van der Waals surface area contributed by atoms with Crippen LogP contribution in [0.25, 0.3) is 11.1 Å². The van der Waals surface area contributed by atoms with Gasteiger partial charge in [-0.3, -0.25) is 9.59 Å². The number of carboxylic acids is 1. The lowest BCUT2D eigenvalue weighted by Gasteiger charge is -2.18. The Kier molecular flexibility index (Phi) is 8.63. The number of carbonyl (C=O) groups is 3. The summed E-state index contributed by atoms with van der Waals surface area (Å²) in [5.74, 6) is -0.995. The molecular weight excluding hydrogens is 420 g/mol. The topological polar surface area (TPSA) is 95.9 Å². The summed E-state index contributed by atoms with van der Waals surface area (Å²) in [6.45, 7) is 3.34. The van der Waals surface area contributed by atoms with Gasteiger partial charge < -0.3 is 20.1 Å². The van der Waals surface area contributed by atoms with Crippen LogP contribution in [0.5, 0.6) is 0 Å². The molecule has 2 N–H and O–H groups in total. The molecule has 1 aliphatic carbocycles. The van der Waals surface area contributed by atoms with Crippen molar-refractivity contribution in [2.24, 2.45) is 0 Å². The predicted molar refractivity (Wildman–Crippen MR) is 126 cm³/mol. The number of rotatable bonds is 11. The lowest BCUT2D eigenvalue weighted by molar-refractivity contribution is -0.137. The highest BCUT2D eigenvalue weighted by atomic mass is 16.5. The molecule has 0 radical (unpaired) electrons. The fraction of sp³-hybridized carbons (Fsp3) is 0.346. The Bertz CT molecular complexity index is 972. The highest BCUT2D eigenvalue weighted by Crippen LogP contribution is 2.44. The summed E-state index contributed by atoms with van der Waals surface area (Å²) >= 11 is 0. The second-order valence-electron chi connectivity index (χ2n) is 7.88. The Hall–Kier alpha value is -3.61. The van der Waals surface area contributed by atoms with Crippen LogP contribution in [0, 0.1) is 0 Å². The summed E-state index contributed by atoms with van der Waals surface area (Å²) < 4.78 is 5.47. The fourth-order valence-electron chi connectivity index (χ4n) is 4.06. The molecule has 0 heterocycles. The zero-order valence-electron chi connectivity index (χ0n) is 18.8. The van der Waals surface area contributed by atoms with Crippen molar-refractivity contribution >= 4 is 18.0 Å². The molecule has 0 aromatic heterocycles. The number of aliphatic carboxylic acids is 1. The van der Waals surface area contributed by atoms with Gasteiger partial charge in [0, 0.05) is 38.0 Å². The molecule has 2 amide bonds. The van der Waals surface area contributed by atoms with Gasteiger partial charge in [-0.05, 0) is 42.0 Å². The number of carbonyl (C=O) groups excluding carboxylic acids is 2. The first kappa shape index (κ1) is 24.0. The van der Waals surface area contributed by atoms with E-state index in [-0.39, 0.29) is 31.4 Å². The van der Waals surface area contributed by atoms with Crippen molar-refractivity contribution in [3.8, 4) is 11.1 Å². The summed E-state index contributed by atoms with van der Waals surface area (Å²) in [4.78, 5) is 36.7. The number of amides is 2. The second kappa shape index (κ2) is 11.9. The molecule has 2 aromatic rings. The summed E-state index contributed by atoms with van der Waals surface area (Å²) in [5.41, 5.74) is 4.65. The molecular formula is C26H30N2O5. The van der Waals surface area contributed by atoms with Crippen LogP contribution in [-0.2, 0) is 14.3 Å². The van der Waals surface area contributed by atoms with Gasteiger partial charge in [0.05, 0.1) is 0 Å². The first-order chi connectivity index (χ1) is 16.0. The molecule has 0 saturated carbocycles. The van der Waals surface area contributed by atoms with E-state index < -0.39 is 12.1 Å². The number of benzene rings is 2. The smallest absolute Gasteiger partial charge is 0.407 e. The van der Waals surface area contributed by atoms with Crippen LogP contribution in [0.15, 0.2) is 60.7 Å². The zero-order chi connectivity index (χ0) is 23.6. The highest BCUT2D eigenvalue weighted by Gasteiger charge is 2.28. The maximum atomic E-state index is 12.3. The molecule has 0 bridgehead atoms. The summed E-state index contributed by atoms with van der Waals surface area (Å²) in [7, 11) is 0. The number of nitrogens with zero attached hydrogens (tertiary/aromatic N) is 1. The molecule has 174 valence electrons. The minimum absolute atomic E-state index is 0.000454. The molecule has 0 spiro atoms. The van der Waals surface area contributed by atoms with Gasteiger partial charge >= 0.3 is 12.1 Å². The van der Waals surface area contributed by atoms with E-state index in [1.54, 1.807) is 11.0 Å². The summed E-state index contributed by atoms with van der Waals surface area (Å²) in [6, 6.07) is 16.3. The van der Waals surface area contributed by atoms with Gasteiger partial charge in [0.2, 0.25) is 5.91 Å². The SMILES string of the molecule is CCN(CCCCC(=O)O)C(=O)/C=C/CNC(=O)OCC1c2ccccc2-c2ccccc21. The third kappa shape index (κ3) is 6.44. The van der Waals surface area contributed by atoms with Crippen LogP contribution < -0.4 is 5.32 Å². The van der Waals surface area contributed by atoms with Crippen molar-refractivity contribution in [1.82, 2.24) is 10.2 Å². The summed E-state index contributed by atoms with van der Waals surface area (Å²) in [6.07, 6.45) is 3.75. The molecule has 0 aliphatic heterocycles. The Morgan fingerprint density at radius 1 is 1.03 bits per heavy atom. The van der Waals surface area contributed by atoms with Gasteiger partial charge in [0.1, 0.15) is 6.61 Å². The predicted octanol–water partition coefficient (Wildman–Crippen LogP) is 4.18. The number of fused-ring (bicyclic) bond motifs is 3. The van der Waals surface area contributed by atoms with Crippen LogP contribution in [-0.4, -0.2) is 54.2 Å². The number of hydrogen-bond acceptors (Lipinski definition) is 4. The minimum atomic E-state index is -0.830. The van der Waals surface area contributed by atoms with E-state index in [0.29, 0.717) is 25.9 Å². The van der Waals surface area contributed by atoms with E-state index in [4.69, 9.17) is 9.84 Å². The lowest BCUT2D eigenvalue weighted by Crippen LogP contribution is -2.31. The van der Waals surface area contributed by atoms with Gasteiger partial charge in [0.25, 0.3) is 0 Å². The van der Waals surface area contributed by atoms with E-state index in [9.17, 15) is 14.4 Å². The van der Waals surface area contributed by atoms with E-state index in [1.807, 2.05) is 31.2 Å². The van der Waals surface area contributed by atoms with E-state index in [1.165, 1.54) is 17.2 Å². The van der Waals surface area contributed by atoms with Crippen LogP contribution in [0.4, 0.5) is 4.79 Å². The van der Waals surface area contributed by atoms with Gasteiger partial charge in [-0.15, -0.1) is 0 Å². The maximum Gasteiger partial charge on any atom is 0.407 e. The molecule has 1 aliphatic rings. The number of alkyl carbamates (subject to hydrolysis) is 1.